The summed E-state index contributed by atoms with van der Waals surface area (Å²) in [5, 5.41) is 8.65. The van der Waals surface area contributed by atoms with Crippen LogP contribution in [0.4, 0.5) is 0 Å². The molecule has 0 amide bonds. The SMILES string of the molecule is NCCCCn1cnc(C[C@H](N)C(=O)O)c1. The van der Waals surface area contributed by atoms with Crippen molar-refractivity contribution in [2.24, 2.45) is 11.5 Å². The molecule has 6 nitrogen and oxygen atoms in total. The number of imidazole rings is 1. The molecule has 0 saturated heterocycles. The van der Waals surface area contributed by atoms with Crippen LogP contribution in [0.2, 0.25) is 0 Å². The minimum atomic E-state index is -1.00. The number of aliphatic carboxylic acids is 1. The summed E-state index contributed by atoms with van der Waals surface area (Å²) in [6.45, 7) is 1.54. The quantitative estimate of drug-likeness (QED) is 0.547. The molecule has 0 saturated carbocycles. The van der Waals surface area contributed by atoms with Gasteiger partial charge in [0.05, 0.1) is 12.0 Å². The van der Waals surface area contributed by atoms with Crippen molar-refractivity contribution in [3.05, 3.63) is 18.2 Å². The lowest BCUT2D eigenvalue weighted by Crippen LogP contribution is -2.32. The monoisotopic (exact) mass is 226 g/mol. The van der Waals surface area contributed by atoms with E-state index in [4.69, 9.17) is 16.6 Å². The Morgan fingerprint density at radius 2 is 2.31 bits per heavy atom. The number of nitrogens with zero attached hydrogens (tertiary/aromatic N) is 2. The van der Waals surface area contributed by atoms with Crippen molar-refractivity contribution in [2.75, 3.05) is 6.54 Å². The van der Waals surface area contributed by atoms with E-state index in [1.54, 1.807) is 6.33 Å². The van der Waals surface area contributed by atoms with Gasteiger partial charge in [0.25, 0.3) is 0 Å². The zero-order valence-electron chi connectivity index (χ0n) is 9.17. The van der Waals surface area contributed by atoms with E-state index in [0.29, 0.717) is 12.2 Å². The Hall–Kier alpha value is -1.40. The van der Waals surface area contributed by atoms with Crippen LogP contribution in [0.1, 0.15) is 18.5 Å². The van der Waals surface area contributed by atoms with Gasteiger partial charge in [0.1, 0.15) is 6.04 Å². The lowest BCUT2D eigenvalue weighted by molar-refractivity contribution is -0.138. The molecule has 0 aliphatic carbocycles. The summed E-state index contributed by atoms with van der Waals surface area (Å²) in [5.74, 6) is -1.00. The summed E-state index contributed by atoms with van der Waals surface area (Å²) < 4.78 is 1.93. The third kappa shape index (κ3) is 4.00. The molecule has 90 valence electrons. The Bertz CT molecular complexity index is 337. The summed E-state index contributed by atoms with van der Waals surface area (Å²) >= 11 is 0. The zero-order chi connectivity index (χ0) is 12.0. The Morgan fingerprint density at radius 1 is 1.56 bits per heavy atom. The average Bonchev–Trinajstić information content (AvgIpc) is 2.66. The van der Waals surface area contributed by atoms with Gasteiger partial charge in [-0.1, -0.05) is 0 Å². The number of hydrogen-bond acceptors (Lipinski definition) is 4. The zero-order valence-corrected chi connectivity index (χ0v) is 9.17. The molecule has 0 spiro atoms. The second kappa shape index (κ2) is 6.24. The normalized spacial score (nSPS) is 12.6. The van der Waals surface area contributed by atoms with Crippen LogP contribution in [-0.4, -0.2) is 33.2 Å². The molecule has 0 unspecified atom stereocenters. The van der Waals surface area contributed by atoms with Gasteiger partial charge >= 0.3 is 5.97 Å². The minimum Gasteiger partial charge on any atom is -0.480 e. The van der Waals surface area contributed by atoms with Crippen LogP contribution in [-0.2, 0) is 17.8 Å². The number of carboxylic acid groups (broad SMARTS) is 1. The van der Waals surface area contributed by atoms with Crippen molar-refractivity contribution in [1.82, 2.24) is 9.55 Å². The average molecular weight is 226 g/mol. The second-order valence-electron chi connectivity index (χ2n) is 3.75. The summed E-state index contributed by atoms with van der Waals surface area (Å²) in [6, 6.07) is -0.882. The first-order chi connectivity index (χ1) is 7.63. The Kier molecular flexibility index (Phi) is 4.94. The van der Waals surface area contributed by atoms with E-state index in [1.807, 2.05) is 10.8 Å². The molecule has 1 heterocycles. The van der Waals surface area contributed by atoms with E-state index in [2.05, 4.69) is 4.98 Å². The number of carboxylic acids is 1. The van der Waals surface area contributed by atoms with Crippen molar-refractivity contribution in [1.29, 1.82) is 0 Å². The van der Waals surface area contributed by atoms with Gasteiger partial charge in [-0.2, -0.15) is 0 Å². The van der Waals surface area contributed by atoms with Gasteiger partial charge in [-0.05, 0) is 19.4 Å². The van der Waals surface area contributed by atoms with Gasteiger partial charge in [0, 0.05) is 19.2 Å². The van der Waals surface area contributed by atoms with Crippen molar-refractivity contribution in [3.8, 4) is 0 Å². The van der Waals surface area contributed by atoms with Crippen molar-refractivity contribution < 1.29 is 9.90 Å². The van der Waals surface area contributed by atoms with Crippen LogP contribution in [0.25, 0.3) is 0 Å². The molecule has 6 heteroatoms. The summed E-state index contributed by atoms with van der Waals surface area (Å²) in [7, 11) is 0. The standard InChI is InChI=1S/C10H18N4O2/c11-3-1-2-4-14-6-8(13-7-14)5-9(12)10(15)16/h6-7,9H,1-5,11-12H2,(H,15,16)/t9-/m0/s1. The van der Waals surface area contributed by atoms with Crippen LogP contribution in [0.5, 0.6) is 0 Å². The number of carbonyl (C=O) groups is 1. The molecule has 0 fully saturated rings. The minimum absolute atomic E-state index is 0.263. The number of aromatic nitrogens is 2. The second-order valence-corrected chi connectivity index (χ2v) is 3.75. The molecule has 0 aromatic carbocycles. The Labute approximate surface area is 94.3 Å². The van der Waals surface area contributed by atoms with Crippen molar-refractivity contribution in [2.45, 2.75) is 31.8 Å². The molecule has 0 aliphatic rings. The predicted octanol–water partition coefficient (Wildman–Crippen LogP) is -0.424. The Morgan fingerprint density at radius 3 is 2.94 bits per heavy atom. The summed E-state index contributed by atoms with van der Waals surface area (Å²) in [5.41, 5.74) is 11.5. The maximum absolute atomic E-state index is 10.5. The highest BCUT2D eigenvalue weighted by atomic mass is 16.4. The summed E-state index contributed by atoms with van der Waals surface area (Å²) in [6.07, 6.45) is 5.76. The lowest BCUT2D eigenvalue weighted by atomic mass is 10.2. The molecule has 1 aromatic heterocycles. The van der Waals surface area contributed by atoms with Gasteiger partial charge in [-0.25, -0.2) is 4.98 Å². The van der Waals surface area contributed by atoms with E-state index in [-0.39, 0.29) is 6.42 Å². The first-order valence-corrected chi connectivity index (χ1v) is 5.32. The number of hydrogen-bond donors (Lipinski definition) is 3. The first kappa shape index (κ1) is 12.7. The highest BCUT2D eigenvalue weighted by Gasteiger charge is 2.13. The predicted molar refractivity (Wildman–Crippen MR) is 59.8 cm³/mol. The highest BCUT2D eigenvalue weighted by molar-refractivity contribution is 5.73. The maximum Gasteiger partial charge on any atom is 0.320 e. The van der Waals surface area contributed by atoms with E-state index in [1.165, 1.54) is 0 Å². The van der Waals surface area contributed by atoms with E-state index < -0.39 is 12.0 Å². The van der Waals surface area contributed by atoms with E-state index in [0.717, 1.165) is 19.4 Å². The fraction of sp³-hybridized carbons (Fsp3) is 0.600. The topological polar surface area (TPSA) is 107 Å². The molecule has 1 atom stereocenters. The molecular formula is C10H18N4O2. The van der Waals surface area contributed by atoms with Gasteiger partial charge in [0.2, 0.25) is 0 Å². The van der Waals surface area contributed by atoms with Gasteiger partial charge in [-0.3, -0.25) is 4.79 Å². The first-order valence-electron chi connectivity index (χ1n) is 5.32. The van der Waals surface area contributed by atoms with Crippen LogP contribution < -0.4 is 11.5 Å². The third-order valence-corrected chi connectivity index (χ3v) is 2.30. The molecule has 1 aromatic rings. The van der Waals surface area contributed by atoms with Crippen LogP contribution >= 0.6 is 0 Å². The third-order valence-electron chi connectivity index (χ3n) is 2.30. The molecule has 0 aliphatic heterocycles. The smallest absolute Gasteiger partial charge is 0.320 e. The Balaban J connectivity index is 2.42. The fourth-order valence-corrected chi connectivity index (χ4v) is 1.39. The summed E-state index contributed by atoms with van der Waals surface area (Å²) in [4.78, 5) is 14.7. The molecular weight excluding hydrogens is 208 g/mol. The molecule has 0 bridgehead atoms. The van der Waals surface area contributed by atoms with Crippen LogP contribution in [0.15, 0.2) is 12.5 Å². The molecule has 5 N–H and O–H groups in total. The van der Waals surface area contributed by atoms with E-state index in [9.17, 15) is 4.79 Å². The van der Waals surface area contributed by atoms with Crippen LogP contribution in [0.3, 0.4) is 0 Å². The lowest BCUT2D eigenvalue weighted by Gasteiger charge is -2.02. The number of rotatable bonds is 7. The molecule has 0 radical (unpaired) electrons. The fourth-order valence-electron chi connectivity index (χ4n) is 1.39. The van der Waals surface area contributed by atoms with Gasteiger partial charge in [0.15, 0.2) is 0 Å². The largest absolute Gasteiger partial charge is 0.480 e. The maximum atomic E-state index is 10.5. The van der Waals surface area contributed by atoms with Crippen molar-refractivity contribution >= 4 is 5.97 Å². The number of nitrogens with two attached hydrogens (primary N) is 2. The van der Waals surface area contributed by atoms with Gasteiger partial charge in [-0.15, -0.1) is 0 Å². The molecule has 1 rings (SSSR count). The van der Waals surface area contributed by atoms with Crippen LogP contribution in [0, 0.1) is 0 Å². The number of aryl methyl sites for hydroxylation is 1. The van der Waals surface area contributed by atoms with Crippen molar-refractivity contribution in [3.63, 3.8) is 0 Å². The molecule has 16 heavy (non-hydrogen) atoms. The highest BCUT2D eigenvalue weighted by Crippen LogP contribution is 2.02. The van der Waals surface area contributed by atoms with Gasteiger partial charge < -0.3 is 21.1 Å². The number of unbranched alkanes of at least 4 members (excludes halogenated alkanes) is 1. The van der Waals surface area contributed by atoms with E-state index >= 15 is 0 Å².